The van der Waals surface area contributed by atoms with Crippen molar-refractivity contribution in [3.05, 3.63) is 78.4 Å². The van der Waals surface area contributed by atoms with Crippen LogP contribution in [0.15, 0.2) is 67.3 Å². The lowest BCUT2D eigenvalue weighted by Gasteiger charge is -2.25. The Hall–Kier alpha value is -2.97. The highest BCUT2D eigenvalue weighted by atomic mass is 16.5. The molecule has 3 aromatic rings. The average Bonchev–Trinajstić information content (AvgIpc) is 3.13. The first kappa shape index (κ1) is 25.6. The van der Waals surface area contributed by atoms with Gasteiger partial charge in [-0.1, -0.05) is 48.5 Å². The van der Waals surface area contributed by atoms with Gasteiger partial charge in [0.05, 0.1) is 31.5 Å². The minimum atomic E-state index is -0.644. The predicted molar refractivity (Wildman–Crippen MR) is 134 cm³/mol. The standard InChI is InChI=1S/C27H35N3O4/c1-5-15-33-20-23(31)18-30(14-16-32-4)19-25-26(22-11-7-6-8-12-22)28-29(3)27(25)34-24-13-9-10-21(2)17-24/h5-13,17,23,31H,1,14-16,18-20H2,2-4H3/t23-/m1/s1. The van der Waals surface area contributed by atoms with E-state index in [9.17, 15) is 5.11 Å². The van der Waals surface area contributed by atoms with Crippen molar-refractivity contribution in [3.63, 3.8) is 0 Å². The van der Waals surface area contributed by atoms with Crippen LogP contribution in [0.5, 0.6) is 11.6 Å². The van der Waals surface area contributed by atoms with Crippen LogP contribution < -0.4 is 4.74 Å². The summed E-state index contributed by atoms with van der Waals surface area (Å²) in [5, 5.41) is 15.4. The molecule has 182 valence electrons. The smallest absolute Gasteiger partial charge is 0.222 e. The van der Waals surface area contributed by atoms with Gasteiger partial charge >= 0.3 is 0 Å². The number of aromatic nitrogens is 2. The minimum absolute atomic E-state index is 0.237. The third-order valence-electron chi connectivity index (χ3n) is 5.35. The van der Waals surface area contributed by atoms with Crippen LogP contribution >= 0.6 is 0 Å². The van der Waals surface area contributed by atoms with Crippen LogP contribution in [0.3, 0.4) is 0 Å². The van der Waals surface area contributed by atoms with Gasteiger partial charge in [-0.2, -0.15) is 5.10 Å². The normalized spacial score (nSPS) is 12.1. The van der Waals surface area contributed by atoms with Crippen molar-refractivity contribution in [2.75, 3.05) is 40.0 Å². The van der Waals surface area contributed by atoms with E-state index in [1.165, 1.54) is 0 Å². The van der Waals surface area contributed by atoms with E-state index in [0.29, 0.717) is 38.7 Å². The van der Waals surface area contributed by atoms with Crippen molar-refractivity contribution in [2.45, 2.75) is 19.6 Å². The van der Waals surface area contributed by atoms with Crippen LogP contribution in [0.25, 0.3) is 11.3 Å². The second kappa shape index (κ2) is 13.1. The largest absolute Gasteiger partial charge is 0.439 e. The molecule has 1 atom stereocenters. The number of hydrogen-bond donors (Lipinski definition) is 1. The Labute approximate surface area is 202 Å². The Morgan fingerprint density at radius 3 is 2.68 bits per heavy atom. The Balaban J connectivity index is 1.93. The molecule has 0 saturated carbocycles. The van der Waals surface area contributed by atoms with E-state index in [0.717, 1.165) is 28.1 Å². The van der Waals surface area contributed by atoms with Crippen molar-refractivity contribution < 1.29 is 19.3 Å². The fourth-order valence-corrected chi connectivity index (χ4v) is 3.76. The molecule has 0 amide bonds. The molecule has 3 rings (SSSR count). The Kier molecular flexibility index (Phi) is 9.85. The molecule has 1 N–H and O–H groups in total. The topological polar surface area (TPSA) is 69.0 Å². The molecule has 0 aliphatic carbocycles. The van der Waals surface area contributed by atoms with Gasteiger partial charge in [0.1, 0.15) is 11.4 Å². The highest BCUT2D eigenvalue weighted by Gasteiger charge is 2.23. The highest BCUT2D eigenvalue weighted by Crippen LogP contribution is 2.34. The molecule has 7 heteroatoms. The SMILES string of the molecule is C=CCOC[C@H](O)CN(CCOC)Cc1c(-c2ccccc2)nn(C)c1Oc1cccc(C)c1. The van der Waals surface area contributed by atoms with E-state index in [1.807, 2.05) is 68.6 Å². The van der Waals surface area contributed by atoms with E-state index >= 15 is 0 Å². The minimum Gasteiger partial charge on any atom is -0.439 e. The summed E-state index contributed by atoms with van der Waals surface area (Å²) < 4.78 is 18.9. The van der Waals surface area contributed by atoms with Crippen molar-refractivity contribution in [1.29, 1.82) is 0 Å². The molecule has 0 fully saturated rings. The molecule has 1 aromatic heterocycles. The molecular formula is C27H35N3O4. The summed E-state index contributed by atoms with van der Waals surface area (Å²) in [5.41, 5.74) is 3.93. The maximum Gasteiger partial charge on any atom is 0.222 e. The second-order valence-electron chi connectivity index (χ2n) is 8.25. The number of aliphatic hydroxyl groups excluding tert-OH is 1. The van der Waals surface area contributed by atoms with Gasteiger partial charge in [0, 0.05) is 39.4 Å². The quantitative estimate of drug-likeness (QED) is 0.284. The van der Waals surface area contributed by atoms with Gasteiger partial charge in [-0.25, -0.2) is 4.68 Å². The van der Waals surface area contributed by atoms with Crippen LogP contribution in [0.2, 0.25) is 0 Å². The predicted octanol–water partition coefficient (Wildman–Crippen LogP) is 4.20. The summed E-state index contributed by atoms with van der Waals surface area (Å²) in [4.78, 5) is 2.14. The number of nitrogens with zero attached hydrogens (tertiary/aromatic N) is 3. The molecule has 34 heavy (non-hydrogen) atoms. The Bertz CT molecular complexity index is 1040. The van der Waals surface area contributed by atoms with Gasteiger partial charge in [-0.3, -0.25) is 4.90 Å². The molecule has 0 unspecified atom stereocenters. The first-order chi connectivity index (χ1) is 16.5. The number of benzene rings is 2. The van der Waals surface area contributed by atoms with Gasteiger partial charge in [0.2, 0.25) is 5.88 Å². The van der Waals surface area contributed by atoms with Crippen molar-refractivity contribution in [2.24, 2.45) is 7.05 Å². The van der Waals surface area contributed by atoms with Crippen LogP contribution in [0, 0.1) is 6.92 Å². The molecular weight excluding hydrogens is 430 g/mol. The molecule has 1 heterocycles. The number of rotatable bonds is 14. The fraction of sp³-hybridized carbons (Fsp3) is 0.370. The van der Waals surface area contributed by atoms with Gasteiger partial charge in [0.25, 0.3) is 0 Å². The fourth-order valence-electron chi connectivity index (χ4n) is 3.76. The third-order valence-corrected chi connectivity index (χ3v) is 5.35. The lowest BCUT2D eigenvalue weighted by molar-refractivity contribution is 0.0193. The van der Waals surface area contributed by atoms with Crippen LogP contribution in [-0.2, 0) is 23.1 Å². The molecule has 0 saturated heterocycles. The van der Waals surface area contributed by atoms with E-state index < -0.39 is 6.10 Å². The summed E-state index contributed by atoms with van der Waals surface area (Å²) in [6.45, 7) is 8.46. The summed E-state index contributed by atoms with van der Waals surface area (Å²) in [6, 6.07) is 18.0. The van der Waals surface area contributed by atoms with Crippen molar-refractivity contribution >= 4 is 0 Å². The molecule has 0 aliphatic heterocycles. The summed E-state index contributed by atoms with van der Waals surface area (Å²) in [7, 11) is 3.56. The van der Waals surface area contributed by atoms with Gasteiger partial charge < -0.3 is 19.3 Å². The van der Waals surface area contributed by atoms with Crippen LogP contribution in [-0.4, -0.2) is 65.9 Å². The zero-order chi connectivity index (χ0) is 24.3. The number of methoxy groups -OCH3 is 1. The summed E-state index contributed by atoms with van der Waals surface area (Å²) in [6.07, 6.45) is 1.03. The van der Waals surface area contributed by atoms with Gasteiger partial charge in [-0.05, 0) is 24.6 Å². The molecule has 0 aliphatic rings. The van der Waals surface area contributed by atoms with Gasteiger partial charge in [-0.15, -0.1) is 6.58 Å². The van der Waals surface area contributed by atoms with Gasteiger partial charge in [0.15, 0.2) is 0 Å². The lowest BCUT2D eigenvalue weighted by atomic mass is 10.1. The number of ether oxygens (including phenoxy) is 3. The van der Waals surface area contributed by atoms with E-state index in [2.05, 4.69) is 11.5 Å². The Morgan fingerprint density at radius 1 is 1.18 bits per heavy atom. The lowest BCUT2D eigenvalue weighted by Crippen LogP contribution is -2.36. The zero-order valence-corrected chi connectivity index (χ0v) is 20.3. The van der Waals surface area contributed by atoms with E-state index in [-0.39, 0.29) is 6.61 Å². The molecule has 0 bridgehead atoms. The van der Waals surface area contributed by atoms with Crippen molar-refractivity contribution in [1.82, 2.24) is 14.7 Å². The second-order valence-corrected chi connectivity index (χ2v) is 8.25. The monoisotopic (exact) mass is 465 g/mol. The maximum atomic E-state index is 10.6. The first-order valence-electron chi connectivity index (χ1n) is 11.5. The van der Waals surface area contributed by atoms with E-state index in [1.54, 1.807) is 17.9 Å². The highest BCUT2D eigenvalue weighted by molar-refractivity contribution is 5.65. The average molecular weight is 466 g/mol. The number of hydrogen-bond acceptors (Lipinski definition) is 6. The van der Waals surface area contributed by atoms with Crippen LogP contribution in [0.4, 0.5) is 0 Å². The molecule has 0 spiro atoms. The Morgan fingerprint density at radius 2 is 1.97 bits per heavy atom. The third kappa shape index (κ3) is 7.27. The summed E-state index contributed by atoms with van der Waals surface area (Å²) >= 11 is 0. The number of aryl methyl sites for hydroxylation is 2. The molecule has 2 aromatic carbocycles. The van der Waals surface area contributed by atoms with Crippen molar-refractivity contribution in [3.8, 4) is 22.9 Å². The number of aliphatic hydroxyl groups is 1. The molecule has 0 radical (unpaired) electrons. The van der Waals surface area contributed by atoms with E-state index in [4.69, 9.17) is 19.3 Å². The maximum absolute atomic E-state index is 10.6. The summed E-state index contributed by atoms with van der Waals surface area (Å²) in [5.74, 6) is 1.43. The zero-order valence-electron chi connectivity index (χ0n) is 20.3. The first-order valence-corrected chi connectivity index (χ1v) is 11.5. The molecule has 7 nitrogen and oxygen atoms in total. The van der Waals surface area contributed by atoms with Crippen LogP contribution in [0.1, 0.15) is 11.1 Å².